The van der Waals surface area contributed by atoms with E-state index in [4.69, 9.17) is 9.47 Å². The molecule has 19 heavy (non-hydrogen) atoms. The van der Waals surface area contributed by atoms with E-state index in [9.17, 15) is 4.79 Å². The highest BCUT2D eigenvalue weighted by atomic mass is 16.5. The molecule has 0 atom stereocenters. The molecule has 1 fully saturated rings. The summed E-state index contributed by atoms with van der Waals surface area (Å²) < 4.78 is 11.0. The van der Waals surface area contributed by atoms with Crippen molar-refractivity contribution >= 4 is 5.91 Å². The van der Waals surface area contributed by atoms with E-state index in [2.05, 4.69) is 0 Å². The molecule has 1 aromatic rings. The molecule has 4 nitrogen and oxygen atoms in total. The topological polar surface area (TPSA) is 38.8 Å². The Balaban J connectivity index is 1.75. The minimum Gasteiger partial charge on any atom is -0.490 e. The number of para-hydroxylation sites is 1. The Hall–Kier alpha value is -1.55. The van der Waals surface area contributed by atoms with Gasteiger partial charge in [0.2, 0.25) is 5.91 Å². The fourth-order valence-electron chi connectivity index (χ4n) is 2.20. The van der Waals surface area contributed by atoms with Gasteiger partial charge in [0, 0.05) is 32.5 Å². The monoisotopic (exact) mass is 263 g/mol. The Morgan fingerprint density at radius 3 is 2.58 bits per heavy atom. The van der Waals surface area contributed by atoms with Crippen molar-refractivity contribution in [2.24, 2.45) is 0 Å². The van der Waals surface area contributed by atoms with Crippen molar-refractivity contribution in [3.05, 3.63) is 30.3 Å². The lowest BCUT2D eigenvalue weighted by molar-refractivity contribution is -0.137. The lowest BCUT2D eigenvalue weighted by atomic mass is 10.1. The number of ether oxygens (including phenoxy) is 2. The van der Waals surface area contributed by atoms with Crippen molar-refractivity contribution in [1.82, 2.24) is 4.90 Å². The summed E-state index contributed by atoms with van der Waals surface area (Å²) in [5.74, 6) is 0.988. The van der Waals surface area contributed by atoms with Crippen molar-refractivity contribution in [2.45, 2.75) is 25.9 Å². The second kappa shape index (κ2) is 7.14. The fourth-order valence-corrected chi connectivity index (χ4v) is 2.20. The maximum atomic E-state index is 11.8. The number of piperidine rings is 1. The molecule has 1 aliphatic rings. The van der Waals surface area contributed by atoms with E-state index in [1.54, 1.807) is 0 Å². The van der Waals surface area contributed by atoms with Crippen molar-refractivity contribution in [2.75, 3.05) is 26.3 Å². The van der Waals surface area contributed by atoms with Crippen LogP contribution >= 0.6 is 0 Å². The van der Waals surface area contributed by atoms with E-state index < -0.39 is 0 Å². The summed E-state index contributed by atoms with van der Waals surface area (Å²) in [7, 11) is 0. The molecule has 1 heterocycles. The summed E-state index contributed by atoms with van der Waals surface area (Å²) in [6.07, 6.45) is 1.97. The van der Waals surface area contributed by atoms with Crippen molar-refractivity contribution in [3.8, 4) is 5.75 Å². The van der Waals surface area contributed by atoms with Gasteiger partial charge in [0.05, 0.1) is 0 Å². The summed E-state index contributed by atoms with van der Waals surface area (Å²) in [6, 6.07) is 9.84. The van der Waals surface area contributed by atoms with E-state index >= 15 is 0 Å². The number of benzene rings is 1. The average molecular weight is 263 g/mol. The highest BCUT2D eigenvalue weighted by Crippen LogP contribution is 2.18. The van der Waals surface area contributed by atoms with Crippen LogP contribution in [0.5, 0.6) is 5.75 Å². The molecule has 1 aliphatic heterocycles. The van der Waals surface area contributed by atoms with Gasteiger partial charge in [-0.15, -0.1) is 0 Å². The second-order valence-corrected chi connectivity index (χ2v) is 4.65. The van der Waals surface area contributed by atoms with Gasteiger partial charge in [-0.2, -0.15) is 0 Å². The number of hydrogen-bond acceptors (Lipinski definition) is 3. The van der Waals surface area contributed by atoms with Gasteiger partial charge in [0.15, 0.2) is 0 Å². The molecule has 0 radical (unpaired) electrons. The third kappa shape index (κ3) is 4.24. The number of carbonyl (C=O) groups is 1. The molecular formula is C15H21NO3. The summed E-state index contributed by atoms with van der Waals surface area (Å²) in [6.45, 7) is 4.18. The van der Waals surface area contributed by atoms with Crippen LogP contribution in [-0.2, 0) is 9.53 Å². The molecule has 0 aliphatic carbocycles. The van der Waals surface area contributed by atoms with Crippen LogP contribution < -0.4 is 4.74 Å². The quantitative estimate of drug-likeness (QED) is 0.816. The molecule has 0 spiro atoms. The number of carbonyl (C=O) groups excluding carboxylic acids is 1. The van der Waals surface area contributed by atoms with Gasteiger partial charge in [-0.3, -0.25) is 4.79 Å². The summed E-state index contributed by atoms with van der Waals surface area (Å²) in [5.41, 5.74) is 0. The maximum absolute atomic E-state index is 11.8. The van der Waals surface area contributed by atoms with E-state index in [-0.39, 0.29) is 18.6 Å². The molecule has 1 aromatic carbocycles. The largest absolute Gasteiger partial charge is 0.490 e. The molecule has 104 valence electrons. The molecule has 0 saturated carbocycles. The van der Waals surface area contributed by atoms with Crippen molar-refractivity contribution < 1.29 is 14.3 Å². The standard InChI is InChI=1S/C15H21NO3/c1-2-18-12-15(17)16-10-8-14(9-11-16)19-13-6-4-3-5-7-13/h3-7,14H,2,8-12H2,1H3. The molecule has 0 aromatic heterocycles. The number of likely N-dealkylation sites (tertiary alicyclic amines) is 1. The molecule has 0 N–H and O–H groups in total. The van der Waals surface area contributed by atoms with Crippen LogP contribution in [0.3, 0.4) is 0 Å². The molecule has 0 bridgehead atoms. The summed E-state index contributed by atoms with van der Waals surface area (Å²) in [5, 5.41) is 0. The third-order valence-corrected chi connectivity index (χ3v) is 3.27. The minimum absolute atomic E-state index is 0.0833. The van der Waals surface area contributed by atoms with Crippen LogP contribution in [-0.4, -0.2) is 43.2 Å². The average Bonchev–Trinajstić information content (AvgIpc) is 2.46. The van der Waals surface area contributed by atoms with Gasteiger partial charge in [0.1, 0.15) is 18.5 Å². The van der Waals surface area contributed by atoms with E-state index in [1.165, 1.54) is 0 Å². The van der Waals surface area contributed by atoms with Gasteiger partial charge < -0.3 is 14.4 Å². The van der Waals surface area contributed by atoms with Crippen LogP contribution in [0, 0.1) is 0 Å². The third-order valence-electron chi connectivity index (χ3n) is 3.27. The van der Waals surface area contributed by atoms with Crippen LogP contribution in [0.2, 0.25) is 0 Å². The first kappa shape index (κ1) is 13.9. The minimum atomic E-state index is 0.0833. The number of nitrogens with zero attached hydrogens (tertiary/aromatic N) is 1. The fraction of sp³-hybridized carbons (Fsp3) is 0.533. The smallest absolute Gasteiger partial charge is 0.248 e. The summed E-state index contributed by atoms with van der Waals surface area (Å²) in [4.78, 5) is 13.6. The SMILES string of the molecule is CCOCC(=O)N1CCC(Oc2ccccc2)CC1. The Morgan fingerprint density at radius 2 is 1.95 bits per heavy atom. The first-order valence-corrected chi connectivity index (χ1v) is 6.87. The number of rotatable bonds is 5. The maximum Gasteiger partial charge on any atom is 0.248 e. The Labute approximate surface area is 114 Å². The zero-order valence-corrected chi connectivity index (χ0v) is 11.4. The van der Waals surface area contributed by atoms with Gasteiger partial charge in [-0.05, 0) is 19.1 Å². The van der Waals surface area contributed by atoms with E-state index in [1.807, 2.05) is 42.2 Å². The highest BCUT2D eigenvalue weighted by molar-refractivity contribution is 5.77. The first-order valence-electron chi connectivity index (χ1n) is 6.87. The lowest BCUT2D eigenvalue weighted by Crippen LogP contribution is -2.43. The van der Waals surface area contributed by atoms with Gasteiger partial charge in [-0.25, -0.2) is 0 Å². The molecule has 4 heteroatoms. The molecule has 2 rings (SSSR count). The van der Waals surface area contributed by atoms with Crippen molar-refractivity contribution in [3.63, 3.8) is 0 Å². The van der Waals surface area contributed by atoms with Crippen LogP contribution in [0.25, 0.3) is 0 Å². The molecule has 1 saturated heterocycles. The van der Waals surface area contributed by atoms with E-state index in [0.717, 1.165) is 31.7 Å². The van der Waals surface area contributed by atoms with Gasteiger partial charge >= 0.3 is 0 Å². The predicted molar refractivity (Wildman–Crippen MR) is 73.2 cm³/mol. The Bertz CT molecular complexity index is 386. The first-order chi connectivity index (χ1) is 9.29. The lowest BCUT2D eigenvalue weighted by Gasteiger charge is -2.32. The molecule has 0 unspecified atom stereocenters. The van der Waals surface area contributed by atoms with Gasteiger partial charge in [-0.1, -0.05) is 18.2 Å². The number of amides is 1. The van der Waals surface area contributed by atoms with Crippen LogP contribution in [0.1, 0.15) is 19.8 Å². The van der Waals surface area contributed by atoms with Crippen molar-refractivity contribution in [1.29, 1.82) is 0 Å². The molecule has 1 amide bonds. The summed E-state index contributed by atoms with van der Waals surface area (Å²) >= 11 is 0. The predicted octanol–water partition coefficient (Wildman–Crippen LogP) is 2.09. The molecular weight excluding hydrogens is 242 g/mol. The second-order valence-electron chi connectivity index (χ2n) is 4.65. The Morgan fingerprint density at radius 1 is 1.26 bits per heavy atom. The zero-order valence-electron chi connectivity index (χ0n) is 11.4. The van der Waals surface area contributed by atoms with Crippen LogP contribution in [0.15, 0.2) is 30.3 Å². The normalized spacial score (nSPS) is 16.4. The van der Waals surface area contributed by atoms with E-state index in [0.29, 0.717) is 6.61 Å². The van der Waals surface area contributed by atoms with Crippen LogP contribution in [0.4, 0.5) is 0 Å². The highest BCUT2D eigenvalue weighted by Gasteiger charge is 2.23. The van der Waals surface area contributed by atoms with Gasteiger partial charge in [0.25, 0.3) is 0 Å². The zero-order chi connectivity index (χ0) is 13.5. The Kier molecular flexibility index (Phi) is 5.21. The number of hydrogen-bond donors (Lipinski definition) is 0.